The summed E-state index contributed by atoms with van der Waals surface area (Å²) >= 11 is 0. The fourth-order valence-corrected chi connectivity index (χ4v) is 5.76. The molecule has 9 heteroatoms. The van der Waals surface area contributed by atoms with E-state index in [1.807, 2.05) is 6.92 Å². The van der Waals surface area contributed by atoms with Crippen molar-refractivity contribution in [2.24, 2.45) is 0 Å². The highest BCUT2D eigenvalue weighted by Crippen LogP contribution is 2.46. The number of rotatable bonds is 19. The van der Waals surface area contributed by atoms with E-state index < -0.39 is 35.3 Å². The third-order valence-electron chi connectivity index (χ3n) is 8.45. The van der Waals surface area contributed by atoms with E-state index in [-0.39, 0.29) is 24.6 Å². The number of ether oxygens (including phenoxy) is 2. The Hall–Kier alpha value is -2.41. The molecule has 2 bridgehead atoms. The number of hydrogen-bond acceptors (Lipinski definition) is 6. The van der Waals surface area contributed by atoms with Crippen molar-refractivity contribution in [2.75, 3.05) is 13.2 Å². The highest BCUT2D eigenvalue weighted by molar-refractivity contribution is 5.76. The minimum atomic E-state index is -0.856. The molecule has 1 unspecified atom stereocenters. The number of carbonyl (C=O) groups is 1. The lowest BCUT2D eigenvalue weighted by Gasteiger charge is -2.30. The second-order valence-corrected chi connectivity index (χ2v) is 11.6. The van der Waals surface area contributed by atoms with Crippen LogP contribution in [-0.4, -0.2) is 51.5 Å². The Morgan fingerprint density at radius 3 is 2.15 bits per heavy atom. The summed E-state index contributed by atoms with van der Waals surface area (Å²) in [4.78, 5) is 39.1. The van der Waals surface area contributed by atoms with Crippen molar-refractivity contribution in [3.8, 4) is 11.8 Å². The van der Waals surface area contributed by atoms with E-state index in [4.69, 9.17) is 9.47 Å². The predicted octanol–water partition coefficient (Wildman–Crippen LogP) is 4.70. The fraction of sp³-hybridized carbons (Fsp3) is 0.781. The normalized spacial score (nSPS) is 23.0. The first-order valence-corrected chi connectivity index (χ1v) is 16.0. The Labute approximate surface area is 244 Å². The fourth-order valence-electron chi connectivity index (χ4n) is 5.76. The molecule has 230 valence electrons. The molecular formula is C32H51N3O6. The lowest BCUT2D eigenvalue weighted by atomic mass is 9.96. The zero-order valence-electron chi connectivity index (χ0n) is 25.2. The number of unbranched alkanes of at least 4 members (excludes halogenated alkanes) is 14. The number of nitrogens with zero attached hydrogens (tertiary/aromatic N) is 1. The summed E-state index contributed by atoms with van der Waals surface area (Å²) in [5.74, 6) is 5.46. The Balaban J connectivity index is 1.26. The first-order valence-electron chi connectivity index (χ1n) is 16.0. The molecule has 3 rings (SSSR count). The van der Waals surface area contributed by atoms with Gasteiger partial charge >= 0.3 is 5.69 Å². The molecule has 0 aromatic carbocycles. The average molecular weight is 574 g/mol. The summed E-state index contributed by atoms with van der Waals surface area (Å²) in [5.41, 5.74) is -2.05. The van der Waals surface area contributed by atoms with Crippen molar-refractivity contribution < 1.29 is 19.4 Å². The molecule has 41 heavy (non-hydrogen) atoms. The molecule has 3 N–H and O–H groups in total. The summed E-state index contributed by atoms with van der Waals surface area (Å²) in [6, 6.07) is 0. The molecule has 2 fully saturated rings. The van der Waals surface area contributed by atoms with Gasteiger partial charge in [-0.15, -0.1) is 0 Å². The quantitative estimate of drug-likeness (QED) is 0.163. The molecular weight excluding hydrogens is 522 g/mol. The number of H-pyrrole nitrogens is 1. The lowest BCUT2D eigenvalue weighted by molar-refractivity contribution is -0.175. The van der Waals surface area contributed by atoms with Gasteiger partial charge in [-0.25, -0.2) is 4.79 Å². The van der Waals surface area contributed by atoms with Gasteiger partial charge in [-0.2, -0.15) is 0 Å². The van der Waals surface area contributed by atoms with Crippen LogP contribution in [0, 0.1) is 11.8 Å². The number of aromatic amines is 1. The molecule has 4 atom stereocenters. The molecule has 2 saturated heterocycles. The average Bonchev–Trinajstić information content (AvgIpc) is 3.43. The SMILES string of the molecule is CCCCCCCCCCCCCCCCCC(=O)NCC#Cc1cn([C@@H]2O[C@@]3(CC)COC2[C@H]3O)c(=O)[nH]c1=O. The first-order chi connectivity index (χ1) is 19.9. The monoisotopic (exact) mass is 573 g/mol. The van der Waals surface area contributed by atoms with Crippen LogP contribution in [0.2, 0.25) is 0 Å². The molecule has 0 aliphatic carbocycles. The van der Waals surface area contributed by atoms with E-state index >= 15 is 0 Å². The van der Waals surface area contributed by atoms with Crippen LogP contribution in [-0.2, 0) is 14.3 Å². The number of hydrogen-bond donors (Lipinski definition) is 3. The van der Waals surface area contributed by atoms with Gasteiger partial charge in [-0.3, -0.25) is 19.1 Å². The van der Waals surface area contributed by atoms with E-state index in [2.05, 4.69) is 29.1 Å². The van der Waals surface area contributed by atoms with Crippen molar-refractivity contribution >= 4 is 5.91 Å². The third-order valence-corrected chi connectivity index (χ3v) is 8.45. The largest absolute Gasteiger partial charge is 0.387 e. The summed E-state index contributed by atoms with van der Waals surface area (Å²) in [7, 11) is 0. The summed E-state index contributed by atoms with van der Waals surface area (Å²) in [6.45, 7) is 4.52. The van der Waals surface area contributed by atoms with E-state index in [1.54, 1.807) is 0 Å². The minimum Gasteiger partial charge on any atom is -0.387 e. The number of carbonyl (C=O) groups excluding carboxylic acids is 1. The molecule has 0 spiro atoms. The number of nitrogens with one attached hydrogen (secondary N) is 2. The van der Waals surface area contributed by atoms with Crippen LogP contribution in [0.25, 0.3) is 0 Å². The van der Waals surface area contributed by atoms with Crippen LogP contribution in [0.3, 0.4) is 0 Å². The predicted molar refractivity (Wildman–Crippen MR) is 160 cm³/mol. The van der Waals surface area contributed by atoms with Gasteiger partial charge in [-0.05, 0) is 12.8 Å². The number of fused-ring (bicyclic) bond motifs is 2. The maximum atomic E-state index is 12.4. The molecule has 1 aromatic heterocycles. The molecule has 0 saturated carbocycles. The van der Waals surface area contributed by atoms with Crippen LogP contribution < -0.4 is 16.6 Å². The summed E-state index contributed by atoms with van der Waals surface area (Å²) in [5, 5.41) is 13.3. The van der Waals surface area contributed by atoms with Gasteiger partial charge in [0, 0.05) is 12.6 Å². The highest BCUT2D eigenvalue weighted by atomic mass is 16.6. The van der Waals surface area contributed by atoms with Crippen molar-refractivity contribution in [1.29, 1.82) is 0 Å². The van der Waals surface area contributed by atoms with Crippen molar-refractivity contribution in [3.05, 3.63) is 32.6 Å². The van der Waals surface area contributed by atoms with Crippen LogP contribution in [0.15, 0.2) is 15.8 Å². The number of aromatic nitrogens is 2. The van der Waals surface area contributed by atoms with Crippen molar-refractivity contribution in [2.45, 2.75) is 147 Å². The van der Waals surface area contributed by atoms with Crippen LogP contribution >= 0.6 is 0 Å². The zero-order valence-corrected chi connectivity index (χ0v) is 25.2. The van der Waals surface area contributed by atoms with Gasteiger partial charge in [0.2, 0.25) is 5.91 Å². The maximum Gasteiger partial charge on any atom is 0.330 e. The Bertz CT molecular complexity index is 1120. The minimum absolute atomic E-state index is 0.0562. The second-order valence-electron chi connectivity index (χ2n) is 11.6. The standard InChI is InChI=1S/C32H51N3O6/c1-3-5-6-7-8-9-10-11-12-13-14-15-16-17-18-21-26(36)33-22-19-20-25-23-35(31(39)34-29(25)38)30-27-28(37)32(4-2,41-30)24-40-27/h23,27-28,30,37H,3-18,21-22,24H2,1-2H3,(H,33,36)(H,34,38,39)/t27?,28-,30-,32+/m1/s1. The number of amides is 1. The van der Waals surface area contributed by atoms with Crippen molar-refractivity contribution in [1.82, 2.24) is 14.9 Å². The Morgan fingerprint density at radius 2 is 1.59 bits per heavy atom. The maximum absolute atomic E-state index is 12.4. The van der Waals surface area contributed by atoms with Gasteiger partial charge in [0.1, 0.15) is 23.4 Å². The first kappa shape index (κ1) is 33.1. The van der Waals surface area contributed by atoms with Gasteiger partial charge in [0.25, 0.3) is 5.56 Å². The van der Waals surface area contributed by atoms with E-state index in [9.17, 15) is 19.5 Å². The zero-order chi connectivity index (χ0) is 29.5. The Kier molecular flexibility index (Phi) is 14.1. The topological polar surface area (TPSA) is 123 Å². The van der Waals surface area contributed by atoms with Crippen LogP contribution in [0.1, 0.15) is 135 Å². The molecule has 1 amide bonds. The Morgan fingerprint density at radius 1 is 1.00 bits per heavy atom. The smallest absolute Gasteiger partial charge is 0.330 e. The van der Waals surface area contributed by atoms with E-state index in [1.165, 1.54) is 87.8 Å². The molecule has 3 heterocycles. The van der Waals surface area contributed by atoms with Crippen molar-refractivity contribution in [3.63, 3.8) is 0 Å². The van der Waals surface area contributed by atoms with Gasteiger partial charge in [0.05, 0.1) is 13.2 Å². The van der Waals surface area contributed by atoms with Gasteiger partial charge in [-0.1, -0.05) is 116 Å². The van der Waals surface area contributed by atoms with Gasteiger partial charge in [0.15, 0.2) is 6.23 Å². The van der Waals surface area contributed by atoms with E-state index in [0.717, 1.165) is 19.3 Å². The highest BCUT2D eigenvalue weighted by Gasteiger charge is 2.60. The third kappa shape index (κ3) is 9.83. The molecule has 1 aromatic rings. The number of aliphatic hydroxyl groups is 1. The molecule has 2 aliphatic heterocycles. The second kappa shape index (κ2) is 17.5. The van der Waals surface area contributed by atoms with Crippen LogP contribution in [0.4, 0.5) is 0 Å². The molecule has 2 aliphatic rings. The van der Waals surface area contributed by atoms with Crippen LogP contribution in [0.5, 0.6) is 0 Å². The molecule has 0 radical (unpaired) electrons. The summed E-state index contributed by atoms with van der Waals surface area (Å²) < 4.78 is 12.9. The molecule has 9 nitrogen and oxygen atoms in total. The van der Waals surface area contributed by atoms with Gasteiger partial charge < -0.3 is 19.9 Å². The summed E-state index contributed by atoms with van der Waals surface area (Å²) in [6.07, 6.45) is 19.2. The number of aliphatic hydroxyl groups excluding tert-OH is 1. The van der Waals surface area contributed by atoms with E-state index in [0.29, 0.717) is 12.8 Å². The lowest BCUT2D eigenvalue weighted by Crippen LogP contribution is -2.41.